The molecule has 0 aliphatic rings. The van der Waals surface area contributed by atoms with Crippen LogP contribution in [0.25, 0.3) is 83.0 Å². The molecule has 0 saturated heterocycles. The number of nitrogens with zero attached hydrogens (tertiary/aromatic N) is 17. The standard InChI is InChI=1S/C20H13F3N4OS.C19H11ClF2N4O2.C19H15F5N4O.C19H14F2N6OS.C18H13F5N4O/c1-11-14(10-27(26-11)20-24-7-8-29-20)13-6-5-12(9-17(13)23)25-19(28)18-15(21)3-2-4-16(18)22;1-9-25-15-6-12(20)11(5-16(15)28-9)10-7-23-19(24-8-10)26-18(27)17-13(21)3-2-4-14(17)22;1-3-28-14(8-15(27-28)19(22,23)24)11-4-5-16(25-9-11)26-18(29)17-12(20)6-10(2)7-13(17)21;1-2-27-15(8-14(26-27)18-22-6-7-29-18)11-9-23-19(24-10-11)25-17(28)16-12(20)4-3-5-13(16)21;1-9-5-11(19)16(12(20)6-9)17(28)25-15-4-3-10(8-24-15)13-7-14(18(21,22)23)26-27(13)2/h2-10H,1H3,(H,25,28);2-8H,1H3,(H,23,24,26,27);4-9H,3H2,1-2H3,(H,25,26,29);3-10H,2H2,1H3,(H,23,24,25,28);3-8H,1-2H3,(H,24,25,28). The van der Waals surface area contributed by atoms with Crippen LogP contribution in [0.1, 0.15) is 99.7 Å². The van der Waals surface area contributed by atoms with Gasteiger partial charge in [0.2, 0.25) is 17.0 Å². The molecule has 0 bridgehead atoms. The molecule has 11 aromatic heterocycles. The van der Waals surface area contributed by atoms with Gasteiger partial charge in [-0.05, 0) is 179 Å². The summed E-state index contributed by atoms with van der Waals surface area (Å²) < 4.78 is 241. The zero-order valence-corrected chi connectivity index (χ0v) is 76.8. The molecule has 18 rings (SSSR count). The molecule has 0 unspecified atom stereocenters. The van der Waals surface area contributed by atoms with E-state index < -0.39 is 145 Å². The SMILES string of the molecule is CCn1nc(-c2nccs2)cc1-c1cnc(NC(=O)c2c(F)cccc2F)nc1.CCn1nc(C(F)(F)F)cc1-c1ccc(NC(=O)c2c(F)cc(C)cc2F)nc1.Cc1cc(F)c(C(=O)Nc2ccc(-c3cc(C(F)(F)F)nn3C)cn2)c(F)c1.Cc1nc2cc(Cl)c(-c3cnc(NC(=O)c4c(F)cccc4F)nc3)cc2o1.Cc1nn(-c2nccs2)cc1-c1ccc(NC(=O)c2c(F)cccc2F)cc1F. The molecule has 0 aliphatic carbocycles. The van der Waals surface area contributed by atoms with Crippen molar-refractivity contribution in [2.24, 2.45) is 7.05 Å². The highest BCUT2D eigenvalue weighted by atomic mass is 35.5. The highest BCUT2D eigenvalue weighted by Gasteiger charge is 2.37. The fourth-order valence-electron chi connectivity index (χ4n) is 13.6. The maximum absolute atomic E-state index is 14.7. The van der Waals surface area contributed by atoms with E-state index in [1.807, 2.05) is 23.8 Å². The van der Waals surface area contributed by atoms with E-state index in [1.165, 1.54) is 134 Å². The van der Waals surface area contributed by atoms with Crippen LogP contribution in [0.5, 0.6) is 0 Å². The molecule has 7 aromatic carbocycles. The number of benzene rings is 7. The summed E-state index contributed by atoms with van der Waals surface area (Å²) in [7, 11) is 1.35. The summed E-state index contributed by atoms with van der Waals surface area (Å²) in [5.74, 6) is -15.2. The molecule has 11 heterocycles. The van der Waals surface area contributed by atoms with E-state index in [0.717, 1.165) is 106 Å². The van der Waals surface area contributed by atoms with Crippen LogP contribution in [0, 0.1) is 91.7 Å². The van der Waals surface area contributed by atoms with Crippen molar-refractivity contribution in [1.82, 2.24) is 84.0 Å². The first-order valence-electron chi connectivity index (χ1n) is 41.5. The Labute approximate surface area is 808 Å². The summed E-state index contributed by atoms with van der Waals surface area (Å²) in [6.07, 6.45) is 4.18. The van der Waals surface area contributed by atoms with E-state index >= 15 is 0 Å². The molecule has 730 valence electrons. The number of aryl methyl sites for hydroxylation is 7. The van der Waals surface area contributed by atoms with Crippen molar-refractivity contribution in [3.8, 4) is 71.9 Å². The fourth-order valence-corrected chi connectivity index (χ4v) is 15.1. The smallest absolute Gasteiger partial charge is 0.435 e. The third-order valence-corrected chi connectivity index (χ3v) is 22.1. The lowest BCUT2D eigenvalue weighted by Gasteiger charge is -2.09. The number of hydrogen-bond acceptors (Lipinski definition) is 21. The number of fused-ring (bicyclic) bond motifs is 1. The van der Waals surface area contributed by atoms with Gasteiger partial charge in [0, 0.05) is 138 Å². The van der Waals surface area contributed by atoms with Gasteiger partial charge in [0.25, 0.3) is 29.5 Å². The predicted octanol–water partition coefficient (Wildman–Crippen LogP) is 22.9. The third-order valence-electron chi connectivity index (χ3n) is 20.2. The minimum absolute atomic E-state index is 0.0169. The second-order valence-electron chi connectivity index (χ2n) is 30.2. The van der Waals surface area contributed by atoms with Crippen LogP contribution >= 0.6 is 34.3 Å². The number of pyridine rings is 2. The van der Waals surface area contributed by atoms with Gasteiger partial charge in [-0.2, -0.15) is 46.7 Å². The van der Waals surface area contributed by atoms with Gasteiger partial charge in [-0.25, -0.2) is 97.8 Å². The number of oxazole rings is 1. The topological polar surface area (TPSA) is 346 Å². The summed E-state index contributed by atoms with van der Waals surface area (Å²) in [5.41, 5.74) is 2.05. The number of carbonyl (C=O) groups excluding carboxylic acids is 5. The Bertz CT molecular complexity index is 7670. The largest absolute Gasteiger partial charge is 0.441 e. The summed E-state index contributed by atoms with van der Waals surface area (Å²) in [4.78, 5) is 97.4. The Balaban J connectivity index is 0.000000142. The van der Waals surface area contributed by atoms with Crippen molar-refractivity contribution in [3.63, 3.8) is 0 Å². The number of hydrogen-bond donors (Lipinski definition) is 5. The number of amides is 5. The van der Waals surface area contributed by atoms with Gasteiger partial charge >= 0.3 is 12.4 Å². The summed E-state index contributed by atoms with van der Waals surface area (Å²) >= 11 is 9.18. The summed E-state index contributed by atoms with van der Waals surface area (Å²) in [5, 5.41) is 32.8. The molecule has 48 heteroatoms. The monoisotopic (exact) mass is 2030 g/mol. The van der Waals surface area contributed by atoms with Crippen molar-refractivity contribution in [1.29, 1.82) is 0 Å². The van der Waals surface area contributed by atoms with Crippen molar-refractivity contribution in [3.05, 3.63) is 349 Å². The molecule has 0 aliphatic heterocycles. The van der Waals surface area contributed by atoms with E-state index in [-0.39, 0.29) is 52.7 Å². The molecule has 5 amide bonds. The predicted molar refractivity (Wildman–Crippen MR) is 493 cm³/mol. The average Bonchev–Trinajstić information content (AvgIpc) is 1.68. The number of carbonyl (C=O) groups is 5. The highest BCUT2D eigenvalue weighted by molar-refractivity contribution is 7.13. The number of alkyl halides is 6. The molecule has 28 nitrogen and oxygen atoms in total. The zero-order chi connectivity index (χ0) is 103. The van der Waals surface area contributed by atoms with E-state index in [1.54, 1.807) is 60.9 Å². The Morgan fingerprint density at radius 3 is 1.29 bits per heavy atom. The normalized spacial score (nSPS) is 11.2. The molecule has 0 radical (unpaired) electrons. The van der Waals surface area contributed by atoms with Gasteiger partial charge < -0.3 is 20.4 Å². The highest BCUT2D eigenvalue weighted by Crippen LogP contribution is 2.38. The van der Waals surface area contributed by atoms with Crippen LogP contribution in [-0.4, -0.2) is 114 Å². The lowest BCUT2D eigenvalue weighted by atomic mass is 10.1. The van der Waals surface area contributed by atoms with E-state index in [0.29, 0.717) is 83.9 Å². The average molecular weight is 2030 g/mol. The van der Waals surface area contributed by atoms with E-state index in [9.17, 15) is 98.6 Å². The number of aromatic nitrogens is 17. The zero-order valence-electron chi connectivity index (χ0n) is 74.4. The Morgan fingerprint density at radius 1 is 0.406 bits per heavy atom. The van der Waals surface area contributed by atoms with Crippen LogP contribution in [-0.2, 0) is 32.5 Å². The van der Waals surface area contributed by atoms with Gasteiger partial charge in [-0.15, -0.1) is 22.7 Å². The minimum atomic E-state index is -4.58. The number of anilines is 5. The van der Waals surface area contributed by atoms with Crippen molar-refractivity contribution in [2.45, 2.75) is 67.0 Å². The maximum Gasteiger partial charge on any atom is 0.435 e. The third kappa shape index (κ3) is 24.1. The molecule has 5 N–H and O–H groups in total. The second kappa shape index (κ2) is 43.6. The van der Waals surface area contributed by atoms with Gasteiger partial charge in [-0.3, -0.25) is 48.7 Å². The van der Waals surface area contributed by atoms with Crippen LogP contribution in [0.15, 0.2) is 223 Å². The number of rotatable bonds is 19. The van der Waals surface area contributed by atoms with Crippen LogP contribution in [0.2, 0.25) is 5.02 Å². The van der Waals surface area contributed by atoms with Crippen molar-refractivity contribution >= 4 is 104 Å². The van der Waals surface area contributed by atoms with Gasteiger partial charge in [0.15, 0.2) is 22.9 Å². The lowest BCUT2D eigenvalue weighted by molar-refractivity contribution is -0.142. The molecule has 0 fully saturated rings. The lowest BCUT2D eigenvalue weighted by Crippen LogP contribution is -2.17. The quantitative estimate of drug-likeness (QED) is 0.0469. The summed E-state index contributed by atoms with van der Waals surface area (Å²) in [6.45, 7) is 10.9. The fraction of sp³-hybridized carbons (Fsp3) is 0.116. The molecule has 18 aromatic rings. The van der Waals surface area contributed by atoms with Gasteiger partial charge in [-0.1, -0.05) is 29.8 Å². The first-order chi connectivity index (χ1) is 68.1. The molecule has 0 atom stereocenters. The molecular weight excluding hydrogens is 1970 g/mol. The summed E-state index contributed by atoms with van der Waals surface area (Å²) in [6, 6.07) is 30.1. The maximum atomic E-state index is 14.7. The van der Waals surface area contributed by atoms with Crippen LogP contribution < -0.4 is 26.6 Å². The van der Waals surface area contributed by atoms with Gasteiger partial charge in [0.05, 0.1) is 27.8 Å². The Kier molecular flexibility index (Phi) is 31.1. The number of thiazole rings is 2. The minimum Gasteiger partial charge on any atom is -0.441 e. The molecular formula is C95H66ClF17N22O6S2. The molecule has 0 saturated carbocycles. The number of halogens is 18. The first-order valence-corrected chi connectivity index (χ1v) is 43.7. The van der Waals surface area contributed by atoms with Crippen LogP contribution in [0.4, 0.5) is 104 Å². The molecule has 143 heavy (non-hydrogen) atoms. The first kappa shape index (κ1) is 102. The van der Waals surface area contributed by atoms with Crippen LogP contribution in [0.3, 0.4) is 0 Å². The van der Waals surface area contributed by atoms with Crippen molar-refractivity contribution in [2.75, 3.05) is 26.6 Å². The number of nitrogens with one attached hydrogen (secondary N) is 5. The Hall–Kier alpha value is -17.0. The van der Waals surface area contributed by atoms with Crippen molar-refractivity contribution < 1.29 is 103 Å². The second-order valence-corrected chi connectivity index (χ2v) is 32.3. The van der Waals surface area contributed by atoms with E-state index in [2.05, 4.69) is 91.8 Å². The van der Waals surface area contributed by atoms with E-state index in [4.69, 9.17) is 16.0 Å². The molecule has 0 spiro atoms. The Morgan fingerprint density at radius 2 is 0.839 bits per heavy atom. The van der Waals surface area contributed by atoms with Gasteiger partial charge in [0.1, 0.15) is 120 Å².